The van der Waals surface area contributed by atoms with Gasteiger partial charge in [0.15, 0.2) is 0 Å². The molecule has 7 heteroatoms. The number of aromatic nitrogens is 1. The molecule has 0 aliphatic rings. The van der Waals surface area contributed by atoms with Gasteiger partial charge in [0.25, 0.3) is 5.91 Å². The van der Waals surface area contributed by atoms with Gasteiger partial charge in [-0.05, 0) is 47.5 Å². The number of nitrogens with zero attached hydrogens (tertiary/aromatic N) is 3. The molecule has 0 fully saturated rings. The first kappa shape index (κ1) is 25.0. The van der Waals surface area contributed by atoms with Crippen LogP contribution in [0.1, 0.15) is 21.8 Å². The molecule has 186 valence electrons. The number of carbonyl (C=O) groups excluding carboxylic acids is 2. The number of methoxy groups -OCH3 is 1. The fraction of sp³-hybridized carbons (Fsp3) is 0.241. The molecule has 36 heavy (non-hydrogen) atoms. The lowest BCUT2D eigenvalue weighted by Crippen LogP contribution is -2.43. The standard InChI is InChI=1S/C29H31N3O4/c1-30-16-6-10-26(30)20-32(21-27-11-7-18-36-27)28(33)22-31(17-19-35-2)29(34)25-14-12-24(13-15-25)23-8-4-3-5-9-23/h3-16,18H,17,19-22H2,1-2H3. The van der Waals surface area contributed by atoms with Crippen molar-refractivity contribution in [3.05, 3.63) is 108 Å². The lowest BCUT2D eigenvalue weighted by molar-refractivity contribution is -0.133. The molecule has 0 atom stereocenters. The van der Waals surface area contributed by atoms with Gasteiger partial charge in [0.1, 0.15) is 12.3 Å². The van der Waals surface area contributed by atoms with E-state index in [0.29, 0.717) is 37.6 Å². The van der Waals surface area contributed by atoms with E-state index in [-0.39, 0.29) is 18.4 Å². The lowest BCUT2D eigenvalue weighted by atomic mass is 10.0. The van der Waals surface area contributed by atoms with Crippen LogP contribution in [0, 0.1) is 0 Å². The minimum atomic E-state index is -0.211. The second-order valence-corrected chi connectivity index (χ2v) is 8.60. The Balaban J connectivity index is 1.51. The number of ether oxygens (including phenoxy) is 1. The van der Waals surface area contributed by atoms with E-state index in [0.717, 1.165) is 16.8 Å². The van der Waals surface area contributed by atoms with Crippen LogP contribution in [0.15, 0.2) is 95.7 Å². The van der Waals surface area contributed by atoms with Crippen molar-refractivity contribution in [2.24, 2.45) is 7.05 Å². The molecular weight excluding hydrogens is 454 g/mol. The van der Waals surface area contributed by atoms with E-state index in [2.05, 4.69) is 0 Å². The molecule has 2 aromatic carbocycles. The quantitative estimate of drug-likeness (QED) is 0.311. The molecule has 0 radical (unpaired) electrons. The van der Waals surface area contributed by atoms with Crippen LogP contribution in [-0.2, 0) is 29.7 Å². The van der Waals surface area contributed by atoms with Crippen molar-refractivity contribution in [1.82, 2.24) is 14.4 Å². The number of benzene rings is 2. The predicted molar refractivity (Wildman–Crippen MR) is 138 cm³/mol. The number of hydrogen-bond donors (Lipinski definition) is 0. The van der Waals surface area contributed by atoms with E-state index < -0.39 is 0 Å². The Hall–Kier alpha value is -4.10. The van der Waals surface area contributed by atoms with Gasteiger partial charge in [0.05, 0.1) is 26.0 Å². The molecule has 0 unspecified atom stereocenters. The number of furan rings is 1. The van der Waals surface area contributed by atoms with Crippen LogP contribution in [0.5, 0.6) is 0 Å². The molecule has 7 nitrogen and oxygen atoms in total. The number of aryl methyl sites for hydroxylation is 1. The van der Waals surface area contributed by atoms with Crippen molar-refractivity contribution in [3.63, 3.8) is 0 Å². The predicted octanol–water partition coefficient (Wildman–Crippen LogP) is 4.60. The summed E-state index contributed by atoms with van der Waals surface area (Å²) in [6.45, 7) is 1.29. The fourth-order valence-corrected chi connectivity index (χ4v) is 4.01. The van der Waals surface area contributed by atoms with E-state index in [1.165, 1.54) is 0 Å². The zero-order chi connectivity index (χ0) is 25.3. The zero-order valence-electron chi connectivity index (χ0n) is 20.7. The Labute approximate surface area is 211 Å². The van der Waals surface area contributed by atoms with Crippen LogP contribution < -0.4 is 0 Å². The smallest absolute Gasteiger partial charge is 0.254 e. The van der Waals surface area contributed by atoms with Gasteiger partial charge in [-0.2, -0.15) is 0 Å². The molecule has 0 aliphatic carbocycles. The number of rotatable bonds is 11. The first-order valence-corrected chi connectivity index (χ1v) is 11.9. The minimum absolute atomic E-state index is 0.0617. The summed E-state index contributed by atoms with van der Waals surface area (Å²) in [4.78, 5) is 30.2. The SMILES string of the molecule is COCCN(CC(=O)N(Cc1ccco1)Cc1cccn1C)C(=O)c1ccc(-c2ccccc2)cc1. The van der Waals surface area contributed by atoms with Crippen LogP contribution >= 0.6 is 0 Å². The average molecular weight is 486 g/mol. The Morgan fingerprint density at radius 2 is 1.61 bits per heavy atom. The molecule has 4 aromatic rings. The molecule has 2 amide bonds. The zero-order valence-corrected chi connectivity index (χ0v) is 20.7. The molecule has 0 saturated heterocycles. The van der Waals surface area contributed by atoms with Crippen molar-refractivity contribution in [1.29, 1.82) is 0 Å². The number of carbonyl (C=O) groups is 2. The minimum Gasteiger partial charge on any atom is -0.467 e. The summed E-state index contributed by atoms with van der Waals surface area (Å²) >= 11 is 0. The average Bonchev–Trinajstić information content (AvgIpc) is 3.58. The Morgan fingerprint density at radius 3 is 2.25 bits per heavy atom. The van der Waals surface area contributed by atoms with E-state index in [1.54, 1.807) is 41.4 Å². The summed E-state index contributed by atoms with van der Waals surface area (Å²) in [6.07, 6.45) is 3.53. The maximum absolute atomic E-state index is 13.5. The third-order valence-electron chi connectivity index (χ3n) is 6.10. The molecule has 0 spiro atoms. The number of hydrogen-bond acceptors (Lipinski definition) is 4. The van der Waals surface area contributed by atoms with Gasteiger partial charge in [-0.3, -0.25) is 9.59 Å². The molecule has 4 rings (SSSR count). The first-order chi connectivity index (χ1) is 17.5. The highest BCUT2D eigenvalue weighted by Crippen LogP contribution is 2.20. The molecule has 2 heterocycles. The third kappa shape index (κ3) is 6.31. The van der Waals surface area contributed by atoms with Crippen LogP contribution in [0.2, 0.25) is 0 Å². The summed E-state index contributed by atoms with van der Waals surface area (Å²) in [5.74, 6) is 0.304. The lowest BCUT2D eigenvalue weighted by Gasteiger charge is -2.27. The molecule has 0 bridgehead atoms. The van der Waals surface area contributed by atoms with Gasteiger partial charge >= 0.3 is 0 Å². The van der Waals surface area contributed by atoms with Crippen LogP contribution in [0.25, 0.3) is 11.1 Å². The highest BCUT2D eigenvalue weighted by molar-refractivity contribution is 5.97. The van der Waals surface area contributed by atoms with Crippen LogP contribution in [0.3, 0.4) is 0 Å². The second-order valence-electron chi connectivity index (χ2n) is 8.60. The first-order valence-electron chi connectivity index (χ1n) is 11.9. The normalized spacial score (nSPS) is 10.8. The molecule has 0 N–H and O–H groups in total. The van der Waals surface area contributed by atoms with Gasteiger partial charge in [-0.1, -0.05) is 42.5 Å². The largest absolute Gasteiger partial charge is 0.467 e. The van der Waals surface area contributed by atoms with Gasteiger partial charge in [-0.15, -0.1) is 0 Å². The van der Waals surface area contributed by atoms with E-state index in [4.69, 9.17) is 9.15 Å². The molecule has 0 saturated carbocycles. The Morgan fingerprint density at radius 1 is 0.861 bits per heavy atom. The van der Waals surface area contributed by atoms with E-state index in [1.807, 2.05) is 78.5 Å². The fourth-order valence-electron chi connectivity index (χ4n) is 4.01. The van der Waals surface area contributed by atoms with Gasteiger partial charge in [0.2, 0.25) is 5.91 Å². The summed E-state index contributed by atoms with van der Waals surface area (Å²) in [6, 6.07) is 25.0. The van der Waals surface area contributed by atoms with Gasteiger partial charge in [-0.25, -0.2) is 0 Å². The monoisotopic (exact) mass is 485 g/mol. The van der Waals surface area contributed by atoms with Crippen molar-refractivity contribution in [2.45, 2.75) is 13.1 Å². The van der Waals surface area contributed by atoms with Crippen molar-refractivity contribution >= 4 is 11.8 Å². The van der Waals surface area contributed by atoms with Crippen LogP contribution in [0.4, 0.5) is 0 Å². The van der Waals surface area contributed by atoms with Crippen molar-refractivity contribution in [2.75, 3.05) is 26.8 Å². The number of amides is 2. The molecular formula is C29H31N3O4. The van der Waals surface area contributed by atoms with Crippen LogP contribution in [-0.4, -0.2) is 53.0 Å². The highest BCUT2D eigenvalue weighted by Gasteiger charge is 2.24. The Kier molecular flexibility index (Phi) is 8.36. The molecule has 0 aliphatic heterocycles. The maximum Gasteiger partial charge on any atom is 0.254 e. The van der Waals surface area contributed by atoms with E-state index in [9.17, 15) is 9.59 Å². The van der Waals surface area contributed by atoms with Crippen molar-refractivity contribution in [3.8, 4) is 11.1 Å². The van der Waals surface area contributed by atoms with E-state index >= 15 is 0 Å². The summed E-state index contributed by atoms with van der Waals surface area (Å²) in [7, 11) is 3.52. The highest BCUT2D eigenvalue weighted by atomic mass is 16.5. The summed E-state index contributed by atoms with van der Waals surface area (Å²) in [5.41, 5.74) is 3.62. The third-order valence-corrected chi connectivity index (χ3v) is 6.10. The van der Waals surface area contributed by atoms with Gasteiger partial charge in [0, 0.05) is 38.2 Å². The topological polar surface area (TPSA) is 67.9 Å². The maximum atomic E-state index is 13.5. The Bertz CT molecular complexity index is 1250. The van der Waals surface area contributed by atoms with Gasteiger partial charge < -0.3 is 23.5 Å². The van der Waals surface area contributed by atoms with Crippen molar-refractivity contribution < 1.29 is 18.7 Å². The summed E-state index contributed by atoms with van der Waals surface area (Å²) in [5, 5.41) is 0. The summed E-state index contributed by atoms with van der Waals surface area (Å²) < 4.78 is 12.7. The second kappa shape index (κ2) is 12.0. The molecule has 2 aromatic heterocycles.